The van der Waals surface area contributed by atoms with Gasteiger partial charge >= 0.3 is 11.8 Å². The van der Waals surface area contributed by atoms with Crippen molar-refractivity contribution in [2.45, 2.75) is 37.4 Å². The number of piperazine rings is 1. The number of benzene rings is 1. The first-order valence-electron chi connectivity index (χ1n) is 9.66. The van der Waals surface area contributed by atoms with E-state index in [1.165, 1.54) is 14.0 Å². The Labute approximate surface area is 165 Å². The van der Waals surface area contributed by atoms with Gasteiger partial charge in [0.1, 0.15) is 6.04 Å². The highest BCUT2D eigenvalue weighted by atomic mass is 16.4. The molecule has 3 aliphatic heterocycles. The number of aromatic nitrogens is 2. The number of hydrogen-bond acceptors (Lipinski definition) is 5. The third-order valence-electron chi connectivity index (χ3n) is 6.40. The first-order chi connectivity index (χ1) is 13.9. The number of imidazole rings is 1. The van der Waals surface area contributed by atoms with Crippen molar-refractivity contribution in [2.75, 3.05) is 18.0 Å². The van der Waals surface area contributed by atoms with Gasteiger partial charge in [0, 0.05) is 32.6 Å². The molecular weight excluding hydrogens is 378 g/mol. The van der Waals surface area contributed by atoms with Gasteiger partial charge in [0.05, 0.1) is 22.8 Å². The number of fused-ring (bicyclic) bond motifs is 3. The first-order valence-corrected chi connectivity index (χ1v) is 9.66. The molecule has 0 spiro atoms. The number of anilines is 1. The van der Waals surface area contributed by atoms with Crippen LogP contribution in [0.1, 0.15) is 25.3 Å². The molecule has 1 unspecified atom stereocenters. The van der Waals surface area contributed by atoms with E-state index >= 15 is 0 Å². The Bertz CT molecular complexity index is 1120. The zero-order valence-corrected chi connectivity index (χ0v) is 15.9. The number of amides is 3. The Hall–Kier alpha value is -3.30. The van der Waals surface area contributed by atoms with Gasteiger partial charge in [-0.2, -0.15) is 0 Å². The number of carbonyl (C=O) groups excluding carboxylic acids is 2. The summed E-state index contributed by atoms with van der Waals surface area (Å²) in [6, 6.07) is 4.87. The lowest BCUT2D eigenvalue weighted by molar-refractivity contribution is -0.135. The number of nitrogens with one attached hydrogen (secondary N) is 1. The molecule has 2 N–H and O–H groups in total. The molecule has 0 radical (unpaired) electrons. The second-order valence-electron chi connectivity index (χ2n) is 7.95. The van der Waals surface area contributed by atoms with E-state index in [0.717, 1.165) is 17.6 Å². The molecule has 0 saturated carbocycles. The van der Waals surface area contributed by atoms with Crippen LogP contribution in [-0.2, 0) is 16.6 Å². The second-order valence-corrected chi connectivity index (χ2v) is 7.95. The highest BCUT2D eigenvalue weighted by Crippen LogP contribution is 2.38. The zero-order valence-electron chi connectivity index (χ0n) is 15.9. The minimum absolute atomic E-state index is 0.0537. The quantitative estimate of drug-likeness (QED) is 0.700. The number of carboxylic acid groups (broad SMARTS) is 1. The number of aryl methyl sites for hydroxylation is 1. The highest BCUT2D eigenvalue weighted by Gasteiger charge is 2.46. The molecule has 2 aromatic rings. The normalized spacial score (nSPS) is 26.4. The lowest BCUT2D eigenvalue weighted by Gasteiger charge is -2.34. The summed E-state index contributed by atoms with van der Waals surface area (Å²) >= 11 is 0. The van der Waals surface area contributed by atoms with Crippen LogP contribution >= 0.6 is 0 Å². The molecule has 29 heavy (non-hydrogen) atoms. The van der Waals surface area contributed by atoms with Crippen LogP contribution in [0.25, 0.3) is 11.0 Å². The van der Waals surface area contributed by atoms with Crippen LogP contribution in [0.2, 0.25) is 0 Å². The Morgan fingerprint density at radius 2 is 1.97 bits per heavy atom. The summed E-state index contributed by atoms with van der Waals surface area (Å²) in [4.78, 5) is 51.9. The predicted octanol–water partition coefficient (Wildman–Crippen LogP) is 0.259. The summed E-state index contributed by atoms with van der Waals surface area (Å²) in [6.45, 7) is 1.02. The summed E-state index contributed by atoms with van der Waals surface area (Å²) in [7, 11) is 1.68. The Kier molecular flexibility index (Phi) is 3.74. The monoisotopic (exact) mass is 399 g/mol. The van der Waals surface area contributed by atoms with Crippen molar-refractivity contribution in [3.63, 3.8) is 0 Å². The number of nitrogens with zero attached hydrogens (tertiary/aromatic N) is 4. The van der Waals surface area contributed by atoms with Crippen LogP contribution in [0.4, 0.5) is 10.5 Å². The summed E-state index contributed by atoms with van der Waals surface area (Å²) in [5.74, 6) is -0.783. The molecule has 1 aromatic carbocycles. The smallest absolute Gasteiger partial charge is 0.407 e. The maximum Gasteiger partial charge on any atom is 0.407 e. The van der Waals surface area contributed by atoms with Gasteiger partial charge < -0.3 is 14.9 Å². The number of imide groups is 1. The molecular formula is C19H21N5O5. The molecule has 3 fully saturated rings. The van der Waals surface area contributed by atoms with Gasteiger partial charge in [-0.1, -0.05) is 6.07 Å². The standard InChI is InChI=1S/C19H21N5O5/c1-21-16-12(22-8-11-7-10(22)9-23(11)19(28)29)3-2-4-13(16)24(18(21)27)14-5-6-15(25)20-17(14)26/h2-4,10-11,14H,5-9H2,1H3,(H,28,29)(H,20,25,26)/t10-,11-,14?/m1/s1. The van der Waals surface area contributed by atoms with E-state index in [4.69, 9.17) is 0 Å². The van der Waals surface area contributed by atoms with E-state index in [1.807, 2.05) is 18.2 Å². The fourth-order valence-electron chi connectivity index (χ4n) is 5.08. The average molecular weight is 399 g/mol. The summed E-state index contributed by atoms with van der Waals surface area (Å²) in [6.07, 6.45) is 0.354. The van der Waals surface area contributed by atoms with Gasteiger partial charge in [0.2, 0.25) is 11.8 Å². The van der Waals surface area contributed by atoms with Crippen LogP contribution in [0.15, 0.2) is 23.0 Å². The summed E-state index contributed by atoms with van der Waals surface area (Å²) in [5.41, 5.74) is 1.92. The van der Waals surface area contributed by atoms with E-state index in [9.17, 15) is 24.3 Å². The average Bonchev–Trinajstić information content (AvgIpc) is 3.35. The van der Waals surface area contributed by atoms with Gasteiger partial charge in [0.15, 0.2) is 0 Å². The van der Waals surface area contributed by atoms with Gasteiger partial charge in [0.25, 0.3) is 0 Å². The van der Waals surface area contributed by atoms with Gasteiger partial charge in [-0.05, 0) is 25.0 Å². The Morgan fingerprint density at radius 1 is 1.17 bits per heavy atom. The van der Waals surface area contributed by atoms with Crippen LogP contribution in [0, 0.1) is 0 Å². The molecule has 5 rings (SSSR count). The second kappa shape index (κ2) is 6.10. The Balaban J connectivity index is 1.58. The Morgan fingerprint density at radius 3 is 2.62 bits per heavy atom. The van der Waals surface area contributed by atoms with Crippen LogP contribution in [0.3, 0.4) is 0 Å². The molecule has 3 amide bonds. The minimum Gasteiger partial charge on any atom is -0.465 e. The van der Waals surface area contributed by atoms with Crippen molar-refractivity contribution in [1.29, 1.82) is 0 Å². The predicted molar refractivity (Wildman–Crippen MR) is 103 cm³/mol. The molecule has 3 saturated heterocycles. The van der Waals surface area contributed by atoms with Crippen molar-refractivity contribution in [1.82, 2.24) is 19.4 Å². The van der Waals surface area contributed by atoms with E-state index < -0.39 is 18.0 Å². The van der Waals surface area contributed by atoms with Gasteiger partial charge in [-0.15, -0.1) is 0 Å². The molecule has 1 aromatic heterocycles. The van der Waals surface area contributed by atoms with Gasteiger partial charge in [-0.3, -0.25) is 24.0 Å². The summed E-state index contributed by atoms with van der Waals surface area (Å²) < 4.78 is 3.01. The van der Waals surface area contributed by atoms with Crippen molar-refractivity contribution in [3.05, 3.63) is 28.7 Å². The van der Waals surface area contributed by atoms with Crippen molar-refractivity contribution < 1.29 is 19.5 Å². The SMILES string of the molecule is Cn1c(=O)n(C2CCC(=O)NC2=O)c2cccc(N3C[C@H]4C[C@@H]3CN4C(=O)O)c21. The molecule has 10 nitrogen and oxygen atoms in total. The minimum atomic E-state index is -0.897. The maximum absolute atomic E-state index is 13.0. The number of carbonyl (C=O) groups is 3. The topological polar surface area (TPSA) is 117 Å². The third-order valence-corrected chi connectivity index (χ3v) is 6.40. The molecule has 152 valence electrons. The lowest BCUT2D eigenvalue weighted by atomic mass is 10.1. The van der Waals surface area contributed by atoms with E-state index in [0.29, 0.717) is 18.6 Å². The molecule has 3 atom stereocenters. The van der Waals surface area contributed by atoms with Crippen molar-refractivity contribution >= 4 is 34.6 Å². The summed E-state index contributed by atoms with van der Waals surface area (Å²) in [5, 5.41) is 11.7. The number of likely N-dealkylation sites (tertiary alicyclic amines) is 1. The van der Waals surface area contributed by atoms with Crippen LogP contribution in [-0.4, -0.2) is 62.2 Å². The van der Waals surface area contributed by atoms with Crippen LogP contribution < -0.4 is 15.9 Å². The molecule has 4 heterocycles. The maximum atomic E-state index is 13.0. The molecule has 3 aliphatic rings. The van der Waals surface area contributed by atoms with Crippen molar-refractivity contribution in [2.24, 2.45) is 7.05 Å². The first kappa shape index (κ1) is 17.8. The fourth-order valence-corrected chi connectivity index (χ4v) is 5.08. The van der Waals surface area contributed by atoms with Gasteiger partial charge in [-0.25, -0.2) is 9.59 Å². The van der Waals surface area contributed by atoms with Crippen molar-refractivity contribution in [3.8, 4) is 0 Å². The number of hydrogen-bond donors (Lipinski definition) is 2. The largest absolute Gasteiger partial charge is 0.465 e. The number of piperidine rings is 1. The molecule has 10 heteroatoms. The zero-order chi connectivity index (χ0) is 20.4. The number of para-hydroxylation sites is 1. The van der Waals surface area contributed by atoms with E-state index in [-0.39, 0.29) is 36.5 Å². The lowest BCUT2D eigenvalue weighted by Crippen LogP contribution is -2.48. The van der Waals surface area contributed by atoms with Crippen LogP contribution in [0.5, 0.6) is 0 Å². The van der Waals surface area contributed by atoms with E-state index in [1.54, 1.807) is 7.05 Å². The molecule has 2 bridgehead atoms. The highest BCUT2D eigenvalue weighted by molar-refractivity contribution is 6.00. The molecule has 0 aliphatic carbocycles. The fraction of sp³-hybridized carbons (Fsp3) is 0.474. The third kappa shape index (κ3) is 2.48. The number of rotatable bonds is 2. The van der Waals surface area contributed by atoms with E-state index in [2.05, 4.69) is 10.2 Å².